The van der Waals surface area contributed by atoms with Crippen molar-refractivity contribution in [3.63, 3.8) is 0 Å². The first-order valence-electron chi connectivity index (χ1n) is 8.96. The number of anilines is 1. The highest BCUT2D eigenvalue weighted by molar-refractivity contribution is 6.09. The molecular weight excluding hydrogens is 320 g/mol. The summed E-state index contributed by atoms with van der Waals surface area (Å²) in [6.45, 7) is 6.27. The van der Waals surface area contributed by atoms with Crippen molar-refractivity contribution in [2.75, 3.05) is 5.32 Å². The highest BCUT2D eigenvalue weighted by atomic mass is 16.1. The summed E-state index contributed by atoms with van der Waals surface area (Å²) in [5, 5.41) is 4.07. The predicted octanol–water partition coefficient (Wildman–Crippen LogP) is 5.55. The number of aryl methyl sites for hydroxylation is 1. The second-order valence-corrected chi connectivity index (χ2v) is 6.82. The van der Waals surface area contributed by atoms with Gasteiger partial charge < -0.3 is 5.32 Å². The number of carbonyl (C=O) groups excluding carboxylic acids is 1. The van der Waals surface area contributed by atoms with Gasteiger partial charge in [-0.3, -0.25) is 9.78 Å². The van der Waals surface area contributed by atoms with Gasteiger partial charge in [-0.15, -0.1) is 0 Å². The van der Waals surface area contributed by atoms with Gasteiger partial charge in [-0.25, -0.2) is 0 Å². The van der Waals surface area contributed by atoms with E-state index in [1.165, 1.54) is 0 Å². The number of nitrogens with zero attached hydrogens (tertiary/aromatic N) is 1. The lowest BCUT2D eigenvalue weighted by molar-refractivity contribution is 0.102. The van der Waals surface area contributed by atoms with E-state index in [0.717, 1.165) is 39.7 Å². The Balaban J connectivity index is 1.92. The summed E-state index contributed by atoms with van der Waals surface area (Å²) in [6.07, 6.45) is 6.79. The summed E-state index contributed by atoms with van der Waals surface area (Å²) in [4.78, 5) is 17.4. The molecule has 0 radical (unpaired) electrons. The lowest BCUT2D eigenvalue weighted by Gasteiger charge is -2.13. The van der Waals surface area contributed by atoms with E-state index in [1.807, 2.05) is 55.5 Å². The summed E-state index contributed by atoms with van der Waals surface area (Å²) in [7, 11) is 0. The quantitative estimate of drug-likeness (QED) is 0.617. The Hall–Kier alpha value is -2.94. The van der Waals surface area contributed by atoms with E-state index in [-0.39, 0.29) is 5.91 Å². The first-order chi connectivity index (χ1) is 12.6. The average Bonchev–Trinajstić information content (AvgIpc) is 2.62. The Bertz CT molecular complexity index is 952. The first kappa shape index (κ1) is 17.9. The molecule has 3 aromatic rings. The van der Waals surface area contributed by atoms with E-state index in [0.29, 0.717) is 5.92 Å². The number of fused-ring (bicyclic) bond motifs is 1. The van der Waals surface area contributed by atoms with Crippen molar-refractivity contribution in [3.8, 4) is 0 Å². The zero-order valence-corrected chi connectivity index (χ0v) is 15.5. The van der Waals surface area contributed by atoms with Crippen molar-refractivity contribution < 1.29 is 4.79 Å². The number of amides is 1. The highest BCUT2D eigenvalue weighted by Gasteiger charge is 2.15. The summed E-state index contributed by atoms with van der Waals surface area (Å²) >= 11 is 0. The van der Waals surface area contributed by atoms with Crippen molar-refractivity contribution in [1.82, 2.24) is 4.98 Å². The molecule has 0 saturated heterocycles. The fourth-order valence-electron chi connectivity index (χ4n) is 3.08. The summed E-state index contributed by atoms with van der Waals surface area (Å²) in [5.41, 5.74) is 4.30. The number of allylic oxidation sites excluding steroid dienone is 2. The smallest absolute Gasteiger partial charge is 0.256 e. The Labute approximate surface area is 154 Å². The molecule has 1 heterocycles. The molecule has 0 fully saturated rings. The largest absolute Gasteiger partial charge is 0.320 e. The lowest BCUT2D eigenvalue weighted by Crippen LogP contribution is -2.16. The van der Waals surface area contributed by atoms with Gasteiger partial charge in [0.1, 0.15) is 0 Å². The normalized spacial score (nSPS) is 11.4. The van der Waals surface area contributed by atoms with Crippen LogP contribution < -0.4 is 5.32 Å². The molecule has 0 spiro atoms. The summed E-state index contributed by atoms with van der Waals surface area (Å²) in [5.74, 6) is 0.410. The topological polar surface area (TPSA) is 42.0 Å². The second kappa shape index (κ2) is 7.96. The minimum absolute atomic E-state index is 0.0887. The van der Waals surface area contributed by atoms with Crippen LogP contribution in [0.15, 0.2) is 66.9 Å². The fraction of sp³-hybridized carbons (Fsp3) is 0.217. The van der Waals surface area contributed by atoms with Gasteiger partial charge >= 0.3 is 0 Å². The zero-order chi connectivity index (χ0) is 18.5. The second-order valence-electron chi connectivity index (χ2n) is 6.82. The SMILES string of the molecule is Cc1cccc(C/C=C/C(C)C)c1C(=O)Nc1cccc2cccnc12. The van der Waals surface area contributed by atoms with E-state index < -0.39 is 0 Å². The van der Waals surface area contributed by atoms with Gasteiger partial charge in [-0.2, -0.15) is 0 Å². The van der Waals surface area contributed by atoms with Crippen LogP contribution in [-0.4, -0.2) is 10.9 Å². The van der Waals surface area contributed by atoms with Crippen molar-refractivity contribution in [1.29, 1.82) is 0 Å². The van der Waals surface area contributed by atoms with Crippen LogP contribution in [0.4, 0.5) is 5.69 Å². The van der Waals surface area contributed by atoms with Gasteiger partial charge in [0.05, 0.1) is 11.2 Å². The molecule has 0 atom stereocenters. The molecule has 0 bridgehead atoms. The lowest BCUT2D eigenvalue weighted by atomic mass is 9.98. The van der Waals surface area contributed by atoms with Gasteiger partial charge in [-0.05, 0) is 42.5 Å². The third-order valence-electron chi connectivity index (χ3n) is 4.33. The van der Waals surface area contributed by atoms with E-state index in [2.05, 4.69) is 36.3 Å². The molecule has 1 N–H and O–H groups in total. The average molecular weight is 344 g/mol. The molecule has 2 aromatic carbocycles. The molecule has 0 unspecified atom stereocenters. The standard InChI is InChI=1S/C23H24N2O/c1-16(2)8-4-10-18-11-5-9-17(3)21(18)23(26)25-20-14-6-12-19-13-7-15-24-22(19)20/h4-9,11-16H,10H2,1-3H3,(H,25,26)/b8-4+. The summed E-state index contributed by atoms with van der Waals surface area (Å²) in [6, 6.07) is 15.7. The molecule has 0 aliphatic heterocycles. The van der Waals surface area contributed by atoms with Gasteiger partial charge in [0.2, 0.25) is 0 Å². The predicted molar refractivity (Wildman–Crippen MR) is 109 cm³/mol. The number of hydrogen-bond acceptors (Lipinski definition) is 2. The van der Waals surface area contributed by atoms with E-state index >= 15 is 0 Å². The van der Waals surface area contributed by atoms with Crippen LogP contribution in [0.1, 0.15) is 35.3 Å². The Morgan fingerprint density at radius 2 is 1.88 bits per heavy atom. The van der Waals surface area contributed by atoms with Crippen LogP contribution in [0, 0.1) is 12.8 Å². The van der Waals surface area contributed by atoms with E-state index in [1.54, 1.807) is 6.20 Å². The van der Waals surface area contributed by atoms with E-state index in [9.17, 15) is 4.79 Å². The maximum absolute atomic E-state index is 13.0. The maximum Gasteiger partial charge on any atom is 0.256 e. The number of rotatable bonds is 5. The molecule has 1 amide bonds. The number of benzene rings is 2. The molecule has 1 aromatic heterocycles. The van der Waals surface area contributed by atoms with Gasteiger partial charge in [0.25, 0.3) is 5.91 Å². The molecule has 3 rings (SSSR count). The van der Waals surface area contributed by atoms with Gasteiger partial charge in [0, 0.05) is 17.1 Å². The van der Waals surface area contributed by atoms with Crippen LogP contribution >= 0.6 is 0 Å². The Kier molecular flexibility index (Phi) is 5.47. The minimum atomic E-state index is -0.0887. The number of nitrogens with one attached hydrogen (secondary N) is 1. The minimum Gasteiger partial charge on any atom is -0.320 e. The third kappa shape index (κ3) is 3.99. The molecule has 132 valence electrons. The first-order valence-corrected chi connectivity index (χ1v) is 8.96. The van der Waals surface area contributed by atoms with Crippen LogP contribution in [0.5, 0.6) is 0 Å². The molecular formula is C23H24N2O. The molecule has 3 heteroatoms. The van der Waals surface area contributed by atoms with Gasteiger partial charge in [-0.1, -0.05) is 62.4 Å². The van der Waals surface area contributed by atoms with E-state index in [4.69, 9.17) is 0 Å². The monoisotopic (exact) mass is 344 g/mol. The summed E-state index contributed by atoms with van der Waals surface area (Å²) < 4.78 is 0. The molecule has 26 heavy (non-hydrogen) atoms. The molecule has 0 aliphatic rings. The third-order valence-corrected chi connectivity index (χ3v) is 4.33. The fourth-order valence-corrected chi connectivity index (χ4v) is 3.08. The van der Waals surface area contributed by atoms with Crippen molar-refractivity contribution in [2.45, 2.75) is 27.2 Å². The van der Waals surface area contributed by atoms with Crippen LogP contribution in [0.2, 0.25) is 0 Å². The number of carbonyl (C=O) groups is 1. The number of hydrogen-bond donors (Lipinski definition) is 1. The zero-order valence-electron chi connectivity index (χ0n) is 15.5. The van der Waals surface area contributed by atoms with Crippen molar-refractivity contribution >= 4 is 22.5 Å². The highest BCUT2D eigenvalue weighted by Crippen LogP contribution is 2.23. The number of para-hydroxylation sites is 1. The Morgan fingerprint density at radius 1 is 1.12 bits per heavy atom. The van der Waals surface area contributed by atoms with Crippen molar-refractivity contribution in [3.05, 3.63) is 83.6 Å². The molecule has 0 aliphatic carbocycles. The van der Waals surface area contributed by atoms with Gasteiger partial charge in [0.15, 0.2) is 0 Å². The van der Waals surface area contributed by atoms with Crippen LogP contribution in [-0.2, 0) is 6.42 Å². The Morgan fingerprint density at radius 3 is 2.69 bits per heavy atom. The van der Waals surface area contributed by atoms with Crippen LogP contribution in [0.25, 0.3) is 10.9 Å². The molecule has 3 nitrogen and oxygen atoms in total. The van der Waals surface area contributed by atoms with Crippen molar-refractivity contribution in [2.24, 2.45) is 5.92 Å². The maximum atomic E-state index is 13.0. The van der Waals surface area contributed by atoms with Crippen LogP contribution in [0.3, 0.4) is 0 Å². The molecule has 0 saturated carbocycles. The number of aromatic nitrogens is 1. The number of pyridine rings is 1.